The molecule has 0 aliphatic carbocycles. The summed E-state index contributed by atoms with van der Waals surface area (Å²) in [6.45, 7) is 0. The van der Waals surface area contributed by atoms with E-state index in [1.807, 2.05) is 0 Å². The molecule has 0 bridgehead atoms. The van der Waals surface area contributed by atoms with Crippen molar-refractivity contribution in [2.45, 2.75) is 0 Å². The van der Waals surface area contributed by atoms with E-state index in [2.05, 4.69) is 0 Å². The van der Waals surface area contributed by atoms with E-state index in [0.717, 1.165) is 0 Å². The number of hydrogen-bond donors (Lipinski definition) is 4. The molecule has 0 saturated heterocycles. The Hall–Kier alpha value is 0.380. The molecule has 9 heavy (non-hydrogen) atoms. The Balaban J connectivity index is 0. The zero-order valence-corrected chi connectivity index (χ0v) is 6.98. The molecule has 0 heterocycles. The van der Waals surface area contributed by atoms with E-state index in [-0.39, 0.29) is 0 Å². The van der Waals surface area contributed by atoms with Crippen LogP contribution in [-0.4, -0.2) is 44.8 Å². The van der Waals surface area contributed by atoms with Crippen LogP contribution < -0.4 is 0 Å². The van der Waals surface area contributed by atoms with Crippen molar-refractivity contribution in [1.82, 2.24) is 0 Å². The van der Waals surface area contributed by atoms with Crippen LogP contribution in [0, 0.1) is 0 Å². The van der Waals surface area contributed by atoms with Gasteiger partial charge in [0.2, 0.25) is 0 Å². The molecular weight excluding hydrogens is 272 g/mol. The predicted octanol–water partition coefficient (Wildman–Crippen LogP) is -2.27. The van der Waals surface area contributed by atoms with Crippen LogP contribution in [0.25, 0.3) is 0 Å². The van der Waals surface area contributed by atoms with Crippen LogP contribution in [0.5, 0.6) is 0 Å². The monoisotopic (exact) mass is 278 g/mol. The molecule has 0 saturated carbocycles. The first-order chi connectivity index (χ1) is 3.73. The van der Waals surface area contributed by atoms with Crippen LogP contribution in [0.4, 0.5) is 0 Å². The molecule has 4 N–H and O–H groups in total. The molecular formula is H4O7STe. The molecule has 0 rings (SSSR count). The van der Waals surface area contributed by atoms with E-state index in [0.29, 0.717) is 0 Å². The fraction of sp³-hybridized carbons (Fsp3) is 0. The van der Waals surface area contributed by atoms with Gasteiger partial charge in [-0.1, -0.05) is 0 Å². The molecule has 0 aliphatic heterocycles. The van der Waals surface area contributed by atoms with Crippen LogP contribution >= 0.6 is 0 Å². The summed E-state index contributed by atoms with van der Waals surface area (Å²) in [6, 6.07) is 0. The second-order valence-electron chi connectivity index (χ2n) is 0.679. The molecule has 0 aromatic rings. The van der Waals surface area contributed by atoms with Crippen molar-refractivity contribution in [2.24, 2.45) is 0 Å². The third kappa shape index (κ3) is 2370. The summed E-state index contributed by atoms with van der Waals surface area (Å²) >= 11 is -3.61. The van der Waals surface area contributed by atoms with E-state index < -0.39 is 30.8 Å². The average molecular weight is 276 g/mol. The molecule has 0 aromatic heterocycles. The molecule has 0 atom stereocenters. The van der Waals surface area contributed by atoms with Crippen LogP contribution in [0.2, 0.25) is 0 Å². The van der Waals surface area contributed by atoms with Crippen LogP contribution in [0.15, 0.2) is 0 Å². The number of rotatable bonds is 0. The standard InChI is InChI=1S/H2O4S.H2O3Te/c1-5(2,3)4;1-4(2)3/h(H2,1,2,3,4);(H2,1,2,3). The first kappa shape index (κ1) is 12.1. The molecule has 0 fully saturated rings. The first-order valence-corrected chi connectivity index (χ1v) is 5.66. The Morgan fingerprint density at radius 1 is 1.11 bits per heavy atom. The quantitative estimate of drug-likeness (QED) is 0.289. The Kier molecular flexibility index (Phi) is 6.97. The van der Waals surface area contributed by atoms with Crippen molar-refractivity contribution >= 4 is 30.8 Å². The molecule has 0 radical (unpaired) electrons. The summed E-state index contributed by atoms with van der Waals surface area (Å²) in [6.07, 6.45) is 0. The summed E-state index contributed by atoms with van der Waals surface area (Å²) in [4.78, 5) is 0. The molecule has 9 heteroatoms. The third-order valence-electron chi connectivity index (χ3n) is 0. The molecule has 7 nitrogen and oxygen atoms in total. The molecule has 0 spiro atoms. The van der Waals surface area contributed by atoms with Gasteiger partial charge in [0.15, 0.2) is 0 Å². The van der Waals surface area contributed by atoms with E-state index in [1.54, 1.807) is 0 Å². The Bertz CT molecular complexity index is 151. The SMILES string of the molecule is O=S(=O)(O)O.O=[Te](O)O. The van der Waals surface area contributed by atoms with Gasteiger partial charge in [0.1, 0.15) is 0 Å². The minimum absolute atomic E-state index is 3.61. The molecule has 58 valence electrons. The van der Waals surface area contributed by atoms with Crippen molar-refractivity contribution < 1.29 is 27.6 Å². The van der Waals surface area contributed by atoms with Crippen molar-refractivity contribution in [1.29, 1.82) is 0 Å². The minimum atomic E-state index is -4.67. The molecule has 0 unspecified atom stereocenters. The average Bonchev–Trinajstić information content (AvgIpc) is 1.19. The third-order valence-corrected chi connectivity index (χ3v) is 0. The van der Waals surface area contributed by atoms with Gasteiger partial charge in [-0.3, -0.25) is 9.11 Å². The topological polar surface area (TPSA) is 132 Å². The second kappa shape index (κ2) is 5.19. The molecule has 0 amide bonds. The van der Waals surface area contributed by atoms with Gasteiger partial charge in [-0.2, -0.15) is 8.42 Å². The zero-order chi connectivity index (χ0) is 8.08. The summed E-state index contributed by atoms with van der Waals surface area (Å²) in [5.74, 6) is 0. The second-order valence-corrected chi connectivity index (χ2v) is 2.89. The van der Waals surface area contributed by atoms with Gasteiger partial charge in [-0.15, -0.1) is 0 Å². The van der Waals surface area contributed by atoms with Gasteiger partial charge in [0, 0.05) is 0 Å². The van der Waals surface area contributed by atoms with Gasteiger partial charge in [-0.25, -0.2) is 0 Å². The van der Waals surface area contributed by atoms with E-state index >= 15 is 0 Å². The molecule has 0 aromatic carbocycles. The van der Waals surface area contributed by atoms with Crippen molar-refractivity contribution in [3.05, 3.63) is 0 Å². The van der Waals surface area contributed by atoms with E-state index in [9.17, 15) is 0 Å². The summed E-state index contributed by atoms with van der Waals surface area (Å²) in [7, 11) is -4.67. The zero-order valence-electron chi connectivity index (χ0n) is 3.83. The number of hydrogen-bond acceptors (Lipinski definition) is 3. The van der Waals surface area contributed by atoms with Gasteiger partial charge in [-0.05, 0) is 0 Å². The predicted molar refractivity (Wildman–Crippen MR) is 25.1 cm³/mol. The summed E-state index contributed by atoms with van der Waals surface area (Å²) in [5.41, 5.74) is 0. The van der Waals surface area contributed by atoms with Crippen molar-refractivity contribution in [3.8, 4) is 0 Å². The van der Waals surface area contributed by atoms with Gasteiger partial charge in [0.05, 0.1) is 0 Å². The Morgan fingerprint density at radius 3 is 1.11 bits per heavy atom. The van der Waals surface area contributed by atoms with Gasteiger partial charge >= 0.3 is 40.8 Å². The maximum atomic E-state index is 8.81. The van der Waals surface area contributed by atoms with E-state index in [1.165, 1.54) is 0 Å². The fourth-order valence-electron chi connectivity index (χ4n) is 0. The van der Waals surface area contributed by atoms with Crippen LogP contribution in [-0.2, 0) is 13.5 Å². The van der Waals surface area contributed by atoms with Gasteiger partial charge in [0.25, 0.3) is 0 Å². The van der Waals surface area contributed by atoms with Crippen LogP contribution in [0.3, 0.4) is 0 Å². The fourth-order valence-corrected chi connectivity index (χ4v) is 0. The molecule has 0 aliphatic rings. The first-order valence-electron chi connectivity index (χ1n) is 1.23. The Morgan fingerprint density at radius 2 is 1.11 bits per heavy atom. The van der Waals surface area contributed by atoms with Crippen molar-refractivity contribution in [3.63, 3.8) is 0 Å². The Labute approximate surface area is 58.6 Å². The summed E-state index contributed by atoms with van der Waals surface area (Å²) < 4.78 is 54.8. The normalized spacial score (nSPS) is 10.3. The van der Waals surface area contributed by atoms with E-state index in [4.69, 9.17) is 27.6 Å². The maximum absolute atomic E-state index is 8.81. The van der Waals surface area contributed by atoms with Crippen molar-refractivity contribution in [2.75, 3.05) is 0 Å². The summed E-state index contributed by atoms with van der Waals surface area (Å²) in [5, 5.41) is 0. The van der Waals surface area contributed by atoms with Gasteiger partial charge < -0.3 is 0 Å². The van der Waals surface area contributed by atoms with Crippen LogP contribution in [0.1, 0.15) is 0 Å².